The summed E-state index contributed by atoms with van der Waals surface area (Å²) in [7, 11) is -19.2. The maximum absolute atomic E-state index is 11.9. The van der Waals surface area contributed by atoms with Gasteiger partial charge in [-0.15, -0.1) is 37.4 Å². The Morgan fingerprint density at radius 3 is 1.76 bits per heavy atom. The van der Waals surface area contributed by atoms with Crippen molar-refractivity contribution in [3.63, 3.8) is 0 Å². The molecule has 0 unspecified atom stereocenters. The van der Waals surface area contributed by atoms with Crippen LogP contribution < -0.4 is 122 Å². The number of nitrogens with one attached hydrogen (secondary N) is 2. The van der Waals surface area contributed by atoms with Gasteiger partial charge in [0, 0.05) is 108 Å². The van der Waals surface area contributed by atoms with Crippen LogP contribution in [0.2, 0.25) is 0 Å². The number of unbranched alkanes of at least 4 members (excludes halogenated alkanes) is 3. The molecule has 10 rings (SSSR count). The first-order valence-corrected chi connectivity index (χ1v) is 41.0. The molecule has 5 heterocycles. The van der Waals surface area contributed by atoms with Crippen LogP contribution >= 0.6 is 35.2 Å². The van der Waals surface area contributed by atoms with Crippen LogP contribution in [0.5, 0.6) is 0 Å². The number of benzene rings is 5. The zero-order valence-electron chi connectivity index (χ0n) is 62.2. The summed E-state index contributed by atoms with van der Waals surface area (Å²) in [6.45, 7) is 17.6. The first-order valence-electron chi connectivity index (χ1n) is 32.7. The second-order valence-corrected chi connectivity index (χ2v) is 32.0. The molecule has 0 amide bonds. The number of halogens is 3. The van der Waals surface area contributed by atoms with Crippen molar-refractivity contribution < 1.29 is 213 Å². The molecule has 0 saturated heterocycles. The Hall–Kier alpha value is -4.58. The molecule has 0 bridgehead atoms. The van der Waals surface area contributed by atoms with E-state index in [4.69, 9.17) is 67.4 Å². The molecule has 582 valence electrons. The van der Waals surface area contributed by atoms with Crippen molar-refractivity contribution in [1.29, 1.82) is 0 Å². The molecule has 5 aliphatic rings. The minimum Gasteiger partial charge on any atom is -1.00 e. The van der Waals surface area contributed by atoms with E-state index in [-0.39, 0.29) is 147 Å². The molecule has 5 aromatic carbocycles. The van der Waals surface area contributed by atoms with Crippen LogP contribution in [0.1, 0.15) is 104 Å². The third kappa shape index (κ3) is 31.2. The van der Waals surface area contributed by atoms with Crippen LogP contribution in [-0.4, -0.2) is 154 Å². The number of hydrogen-bond acceptors (Lipinski definition) is 24. The monoisotopic (exact) mass is 1720 g/mol. The molecule has 0 radical (unpaired) electrons. The molecule has 0 aromatic heterocycles. The average Bonchev–Trinajstić information content (AvgIpc) is 1.60. The van der Waals surface area contributed by atoms with Crippen LogP contribution in [0.15, 0.2) is 189 Å². The number of anilines is 2. The van der Waals surface area contributed by atoms with E-state index in [1.807, 2.05) is 134 Å². The molecule has 0 atom stereocenters. The van der Waals surface area contributed by atoms with Gasteiger partial charge in [-0.1, -0.05) is 112 Å². The first kappa shape index (κ1) is 101. The summed E-state index contributed by atoms with van der Waals surface area (Å²) in [4.78, 5) is 4.76. The van der Waals surface area contributed by atoms with Crippen molar-refractivity contribution in [3.8, 4) is 0 Å². The largest absolute Gasteiger partial charge is 1.00 e. The fourth-order valence-corrected chi connectivity index (χ4v) is 14.3. The van der Waals surface area contributed by atoms with Gasteiger partial charge in [0.1, 0.15) is 82.6 Å². The number of rotatable bonds is 25. The summed E-state index contributed by atoms with van der Waals surface area (Å²) in [6, 6.07) is 42.0. The fourth-order valence-electron chi connectivity index (χ4n) is 11.8. The number of hydrogen-bond donors (Lipinski definition) is 3. The van der Waals surface area contributed by atoms with Gasteiger partial charge in [-0.3, -0.25) is 9.59 Å². The second kappa shape index (κ2) is 48.1. The molecule has 27 nitrogen and oxygen atoms in total. The van der Waals surface area contributed by atoms with Crippen LogP contribution in [0, 0.1) is 12.1 Å². The predicted octanol–water partition coefficient (Wildman–Crippen LogP) is -3.16. The Labute approximate surface area is 732 Å². The van der Waals surface area contributed by atoms with Gasteiger partial charge >= 0.3 is 110 Å². The Morgan fingerprint density at radius 2 is 1.18 bits per heavy atom. The Kier molecular flexibility index (Phi) is 44.4. The van der Waals surface area contributed by atoms with E-state index < -0.39 is 62.7 Å². The van der Waals surface area contributed by atoms with Gasteiger partial charge in [0.15, 0.2) is 17.2 Å². The van der Waals surface area contributed by atoms with E-state index in [0.717, 1.165) is 71.2 Å². The number of nitrogens with zero attached hydrogens (tertiary/aromatic N) is 3. The van der Waals surface area contributed by atoms with Crippen molar-refractivity contribution in [2.45, 2.75) is 108 Å². The van der Waals surface area contributed by atoms with Crippen LogP contribution in [0.3, 0.4) is 0 Å². The van der Waals surface area contributed by atoms with Crippen LogP contribution in [-0.2, 0) is 96.1 Å². The number of fused-ring (bicyclic) bond motifs is 3. The molecule has 5 aliphatic heterocycles. The normalized spacial score (nSPS) is 16.9. The van der Waals surface area contributed by atoms with E-state index in [1.165, 1.54) is 23.4 Å². The van der Waals surface area contributed by atoms with Crippen molar-refractivity contribution in [2.75, 3.05) is 73.5 Å². The molecular weight excluding hydrogens is 1640 g/mol. The summed E-state index contributed by atoms with van der Waals surface area (Å²) < 4.78 is 183. The molecule has 0 fully saturated rings. The molecule has 110 heavy (non-hydrogen) atoms. The van der Waals surface area contributed by atoms with Crippen LogP contribution in [0.25, 0.3) is 0 Å². The number of allylic oxidation sites excluding steroid dienone is 8. The zero-order valence-corrected chi connectivity index (χ0v) is 75.4. The molecule has 0 spiro atoms. The van der Waals surface area contributed by atoms with Crippen molar-refractivity contribution in [3.05, 3.63) is 213 Å². The SMILES string of the molecule is CC1(C)C(/C=C/C2=C(Cl)C(=C/C=C3/N(CCCCS(=O)(=O)O)c4ccc(S(=O)(=O)[O-])cc4C3(C)C)/OCCO2)=[N+](CCCCSOO[O-])c2cc[c-]cc21.CC1=[N+](CCCCS(=O)(=O)[O-])c2cc[c-]cc2C1(C)C.ClC1=C(C=[NH+]c2ccccc2)OCCO/C1=C\Nc1ccccc1.O=S(=O)=O.O=S(=O)=O.[Cl-].[Na+].[Na+].[Na+]. The third-order valence-corrected chi connectivity index (χ3v) is 20.9. The fraction of sp³-hybridized carbons (Fsp3) is 0.366. The summed E-state index contributed by atoms with van der Waals surface area (Å²) in [6.07, 6.45) is 14.1. The maximum atomic E-state index is 11.9. The minimum absolute atomic E-state index is 0. The zero-order chi connectivity index (χ0) is 78.0. The van der Waals surface area contributed by atoms with Crippen molar-refractivity contribution in [1.82, 2.24) is 0 Å². The van der Waals surface area contributed by atoms with Gasteiger partial charge in [-0.2, -0.15) is 49.1 Å². The van der Waals surface area contributed by atoms with E-state index in [0.29, 0.717) is 90.6 Å². The quantitative estimate of drug-likeness (QED) is 0.00598. The number of ether oxygens (including phenoxy) is 4. The molecular formula is C71H81Cl3N5Na3O22S6. The Balaban J connectivity index is 0.000000602. The van der Waals surface area contributed by atoms with Gasteiger partial charge < -0.3 is 55.9 Å². The Morgan fingerprint density at radius 1 is 0.655 bits per heavy atom. The van der Waals surface area contributed by atoms with E-state index in [9.17, 15) is 44.2 Å². The molecule has 0 saturated carbocycles. The minimum atomic E-state index is -4.72. The van der Waals surface area contributed by atoms with Gasteiger partial charge in [0.05, 0.1) is 20.8 Å². The predicted molar refractivity (Wildman–Crippen MR) is 396 cm³/mol. The van der Waals surface area contributed by atoms with Gasteiger partial charge in [-0.25, -0.2) is 31.0 Å². The summed E-state index contributed by atoms with van der Waals surface area (Å²) >= 11 is 14.4. The van der Waals surface area contributed by atoms with Gasteiger partial charge in [0.25, 0.3) is 10.1 Å². The van der Waals surface area contributed by atoms with E-state index in [1.54, 1.807) is 24.6 Å². The van der Waals surface area contributed by atoms with Gasteiger partial charge in [0.2, 0.25) is 17.7 Å². The first-order chi connectivity index (χ1) is 50.0. The van der Waals surface area contributed by atoms with E-state index in [2.05, 4.69) is 75.6 Å². The smallest absolute Gasteiger partial charge is 1.00 e. The van der Waals surface area contributed by atoms with Crippen molar-refractivity contribution in [2.24, 2.45) is 0 Å². The Bertz CT molecular complexity index is 4800. The topological polar surface area (TPSA) is 385 Å². The summed E-state index contributed by atoms with van der Waals surface area (Å²) in [5, 5.41) is 17.4. The molecule has 0 aliphatic carbocycles. The van der Waals surface area contributed by atoms with Gasteiger partial charge in [-0.05, 0) is 79.8 Å². The molecule has 39 heteroatoms. The van der Waals surface area contributed by atoms with E-state index >= 15 is 0 Å². The third-order valence-electron chi connectivity index (χ3n) is 17.1. The van der Waals surface area contributed by atoms with Crippen molar-refractivity contribution >= 4 is 133 Å². The number of para-hydroxylation sites is 2. The standard InChI is InChI=1S/C37H45ClN2O11S3.C19H17ClN2O2.C15H21NO3S.ClH.3Na.2O3S/c1-36(2)27-11-5-6-12-29(27)39(19-7-9-23-52-51-50-41)33(36)17-15-31-35(38)32(49-22-21-48-31)16-18-34-37(3,4)28-25-26(54(45,46)47)13-14-30(28)40(34)20-8-10-24-53(42,43)44;20-19-17(13-21-15-7-3-1-4-8-15)23-11-12-24-18(19)14-22-16-9-5-2-6-10-16;1-12-15(2,3)13-8-4-5-9-14(13)16(12)10-6-7-11-20(17,18)19;;;;;2*1-4(2)3/h6,11-18,25,41H,7-10,19-24H2,1-4H3,(H,42,43,44)(H,45,46,47);1-10,13-14,21H,11-12H2;5,8-9H,6-7,10-11H2,1-3H3,(H,17,18,19);1H;;;;;/q;;;;3*+1;;/p-3/b;17-13-,22-14?;;;;;;;. The second-order valence-electron chi connectivity index (χ2n) is 25.2. The summed E-state index contributed by atoms with van der Waals surface area (Å²) in [5.74, 6) is 1.74. The summed E-state index contributed by atoms with van der Waals surface area (Å²) in [5.41, 5.74) is 9.61. The average molecular weight is 1720 g/mol. The maximum Gasteiger partial charge on any atom is 1.00 e. The molecule has 3 N–H and O–H groups in total. The molecule has 5 aromatic rings. The van der Waals surface area contributed by atoms with Crippen LogP contribution in [0.4, 0.5) is 28.4 Å².